The molecule has 23 heavy (non-hydrogen) atoms. The van der Waals surface area contributed by atoms with Crippen molar-refractivity contribution in [3.05, 3.63) is 18.2 Å². The summed E-state index contributed by atoms with van der Waals surface area (Å²) in [7, 11) is 0. The van der Waals surface area contributed by atoms with Gasteiger partial charge in [0.05, 0.1) is 45.2 Å². The molecule has 1 aromatic carbocycles. The van der Waals surface area contributed by atoms with E-state index in [0.29, 0.717) is 32.0 Å². The highest BCUT2D eigenvalue weighted by atomic mass is 16.6. The van der Waals surface area contributed by atoms with Gasteiger partial charge in [-0.1, -0.05) is 0 Å². The van der Waals surface area contributed by atoms with Gasteiger partial charge < -0.3 is 28.4 Å². The van der Waals surface area contributed by atoms with Crippen LogP contribution < -0.4 is 14.2 Å². The second kappa shape index (κ2) is 6.95. The van der Waals surface area contributed by atoms with Gasteiger partial charge in [0.15, 0.2) is 0 Å². The molecule has 3 unspecified atom stereocenters. The predicted octanol–water partition coefficient (Wildman–Crippen LogP) is 1.80. The number of rotatable bonds is 11. The van der Waals surface area contributed by atoms with Crippen LogP contribution in [0.15, 0.2) is 18.2 Å². The molecule has 3 aliphatic heterocycles. The van der Waals surface area contributed by atoms with E-state index in [1.165, 1.54) is 0 Å². The Hall–Kier alpha value is -1.50. The molecule has 3 saturated heterocycles. The van der Waals surface area contributed by atoms with E-state index in [4.69, 9.17) is 28.4 Å². The predicted molar refractivity (Wildman–Crippen MR) is 81.4 cm³/mol. The molecule has 3 atom stereocenters. The highest BCUT2D eigenvalue weighted by molar-refractivity contribution is 5.42. The molecule has 0 N–H and O–H groups in total. The van der Waals surface area contributed by atoms with E-state index >= 15 is 0 Å². The number of benzene rings is 1. The molecule has 0 aliphatic carbocycles. The zero-order chi connectivity index (χ0) is 15.5. The molecule has 6 heteroatoms. The molecule has 0 bridgehead atoms. The SMILES string of the molecule is c1c(OCCC2CO2)cc(OCC2CO2)cc1OCCC1CO1. The van der Waals surface area contributed by atoms with Crippen molar-refractivity contribution in [3.63, 3.8) is 0 Å². The lowest BCUT2D eigenvalue weighted by Gasteiger charge is -2.12. The summed E-state index contributed by atoms with van der Waals surface area (Å²) in [6.07, 6.45) is 2.79. The van der Waals surface area contributed by atoms with Crippen molar-refractivity contribution in [2.45, 2.75) is 31.2 Å². The van der Waals surface area contributed by atoms with Crippen LogP contribution in [0.1, 0.15) is 12.8 Å². The van der Waals surface area contributed by atoms with Gasteiger partial charge in [-0.25, -0.2) is 0 Å². The largest absolute Gasteiger partial charge is 0.493 e. The minimum Gasteiger partial charge on any atom is -0.493 e. The Balaban J connectivity index is 1.33. The quantitative estimate of drug-likeness (QED) is 0.579. The maximum Gasteiger partial charge on any atom is 0.126 e. The molecule has 3 aliphatic rings. The normalized spacial score (nSPS) is 27.4. The smallest absolute Gasteiger partial charge is 0.126 e. The Kier molecular flexibility index (Phi) is 4.55. The van der Waals surface area contributed by atoms with Gasteiger partial charge in [0, 0.05) is 31.0 Å². The summed E-state index contributed by atoms with van der Waals surface area (Å²) in [5.74, 6) is 2.27. The van der Waals surface area contributed by atoms with E-state index in [-0.39, 0.29) is 6.10 Å². The van der Waals surface area contributed by atoms with Crippen molar-refractivity contribution in [2.24, 2.45) is 0 Å². The van der Waals surface area contributed by atoms with Gasteiger partial charge >= 0.3 is 0 Å². The second-order valence-corrected chi connectivity index (χ2v) is 6.09. The van der Waals surface area contributed by atoms with Gasteiger partial charge in [-0.15, -0.1) is 0 Å². The van der Waals surface area contributed by atoms with Crippen LogP contribution in [0.25, 0.3) is 0 Å². The van der Waals surface area contributed by atoms with E-state index in [1.54, 1.807) is 0 Å². The Morgan fingerprint density at radius 2 is 1.13 bits per heavy atom. The molecule has 3 heterocycles. The Bertz CT molecular complexity index is 486. The summed E-state index contributed by atoms with van der Waals surface area (Å²) in [4.78, 5) is 0. The third-order valence-electron chi connectivity index (χ3n) is 3.91. The molecule has 4 rings (SSSR count). The van der Waals surface area contributed by atoms with Gasteiger partial charge in [-0.3, -0.25) is 0 Å². The maximum atomic E-state index is 5.80. The number of hydrogen-bond acceptors (Lipinski definition) is 6. The van der Waals surface area contributed by atoms with Gasteiger partial charge in [0.25, 0.3) is 0 Å². The van der Waals surface area contributed by atoms with Gasteiger partial charge in [-0.2, -0.15) is 0 Å². The van der Waals surface area contributed by atoms with Crippen molar-refractivity contribution in [1.82, 2.24) is 0 Å². The summed E-state index contributed by atoms with van der Waals surface area (Å²) in [5, 5.41) is 0. The van der Waals surface area contributed by atoms with E-state index in [9.17, 15) is 0 Å². The first-order valence-electron chi connectivity index (χ1n) is 8.23. The number of ether oxygens (including phenoxy) is 6. The van der Waals surface area contributed by atoms with Gasteiger partial charge in [-0.05, 0) is 0 Å². The highest BCUT2D eigenvalue weighted by Gasteiger charge is 2.24. The third kappa shape index (κ3) is 5.27. The Morgan fingerprint density at radius 1 is 0.696 bits per heavy atom. The number of epoxide rings is 3. The first kappa shape index (κ1) is 15.1. The fourth-order valence-corrected chi connectivity index (χ4v) is 2.23. The zero-order valence-corrected chi connectivity index (χ0v) is 13.1. The zero-order valence-electron chi connectivity index (χ0n) is 13.1. The highest BCUT2D eigenvalue weighted by Crippen LogP contribution is 2.29. The fourth-order valence-electron chi connectivity index (χ4n) is 2.23. The van der Waals surface area contributed by atoms with Crippen LogP contribution in [0.5, 0.6) is 17.2 Å². The average Bonchev–Trinajstić information content (AvgIpc) is 3.37. The topological polar surface area (TPSA) is 65.3 Å². The minimum atomic E-state index is 0.225. The first-order valence-corrected chi connectivity index (χ1v) is 8.23. The van der Waals surface area contributed by atoms with Crippen molar-refractivity contribution in [2.75, 3.05) is 39.6 Å². The van der Waals surface area contributed by atoms with Crippen molar-refractivity contribution in [3.8, 4) is 17.2 Å². The molecular weight excluding hydrogens is 300 g/mol. The standard InChI is InChI=1S/C17H22O6/c1(12-8-20-12)3-18-14-5-15(19-4-2-13-9-21-13)7-16(6-14)22-10-17-11-23-17/h5-7,12-13,17H,1-4,8-11H2. The summed E-state index contributed by atoms with van der Waals surface area (Å²) in [6, 6.07) is 5.70. The molecular formula is C17H22O6. The summed E-state index contributed by atoms with van der Waals surface area (Å²) in [6.45, 7) is 4.32. The van der Waals surface area contributed by atoms with Crippen molar-refractivity contribution in [1.29, 1.82) is 0 Å². The van der Waals surface area contributed by atoms with E-state index in [2.05, 4.69) is 0 Å². The molecule has 6 nitrogen and oxygen atoms in total. The lowest BCUT2D eigenvalue weighted by Crippen LogP contribution is -2.06. The van der Waals surface area contributed by atoms with E-state index < -0.39 is 0 Å². The summed E-state index contributed by atoms with van der Waals surface area (Å²) >= 11 is 0. The molecule has 0 radical (unpaired) electrons. The van der Waals surface area contributed by atoms with Crippen LogP contribution in [-0.4, -0.2) is 58.0 Å². The molecule has 3 fully saturated rings. The molecule has 0 amide bonds. The van der Waals surface area contributed by atoms with Gasteiger partial charge in [0.1, 0.15) is 30.0 Å². The van der Waals surface area contributed by atoms with Crippen LogP contribution in [0.4, 0.5) is 0 Å². The second-order valence-electron chi connectivity index (χ2n) is 6.09. The van der Waals surface area contributed by atoms with Crippen LogP contribution in [0, 0.1) is 0 Å². The average molecular weight is 322 g/mol. The Morgan fingerprint density at radius 3 is 1.57 bits per heavy atom. The van der Waals surface area contributed by atoms with Crippen molar-refractivity contribution < 1.29 is 28.4 Å². The van der Waals surface area contributed by atoms with Crippen LogP contribution in [0.2, 0.25) is 0 Å². The third-order valence-corrected chi connectivity index (χ3v) is 3.91. The molecule has 0 saturated carbocycles. The maximum absolute atomic E-state index is 5.80. The van der Waals surface area contributed by atoms with Crippen LogP contribution in [-0.2, 0) is 14.2 Å². The van der Waals surface area contributed by atoms with E-state index in [1.807, 2.05) is 18.2 Å². The summed E-state index contributed by atoms with van der Waals surface area (Å²) in [5.41, 5.74) is 0. The monoisotopic (exact) mass is 322 g/mol. The number of hydrogen-bond donors (Lipinski definition) is 0. The van der Waals surface area contributed by atoms with Gasteiger partial charge in [0.2, 0.25) is 0 Å². The fraction of sp³-hybridized carbons (Fsp3) is 0.647. The molecule has 0 aromatic heterocycles. The minimum absolute atomic E-state index is 0.225. The lowest BCUT2D eigenvalue weighted by atomic mass is 10.3. The lowest BCUT2D eigenvalue weighted by molar-refractivity contribution is 0.251. The van der Waals surface area contributed by atoms with Crippen LogP contribution >= 0.6 is 0 Å². The van der Waals surface area contributed by atoms with Crippen LogP contribution in [0.3, 0.4) is 0 Å². The molecule has 126 valence electrons. The van der Waals surface area contributed by atoms with E-state index in [0.717, 1.165) is 49.9 Å². The molecule has 0 spiro atoms. The summed E-state index contributed by atoms with van der Waals surface area (Å²) < 4.78 is 32.9. The molecule has 1 aromatic rings. The first-order chi connectivity index (χ1) is 11.3. The van der Waals surface area contributed by atoms with Crippen molar-refractivity contribution >= 4 is 0 Å². The Labute approximate surface area is 135 Å².